The Morgan fingerprint density at radius 2 is 1.30 bits per heavy atom. The summed E-state index contributed by atoms with van der Waals surface area (Å²) in [4.78, 5) is 0. The molecular weight excluding hydrogens is 284 g/mol. The molecule has 5 heteroatoms. The molecule has 0 aliphatic carbocycles. The average Bonchev–Trinajstić information content (AvgIpc) is 2.27. The normalized spacial score (nSPS) is 13.8. The van der Waals surface area contributed by atoms with Crippen LogP contribution in [0.5, 0.6) is 0 Å². The van der Waals surface area contributed by atoms with E-state index in [-0.39, 0.29) is 0 Å². The van der Waals surface area contributed by atoms with Gasteiger partial charge in [-0.15, -0.1) is 0 Å². The fourth-order valence-electron chi connectivity index (χ4n) is 1.89. The Balaban J connectivity index is 4.02. The van der Waals surface area contributed by atoms with Gasteiger partial charge in [0.15, 0.2) is 8.32 Å². The lowest BCUT2D eigenvalue weighted by molar-refractivity contribution is 0.187. The summed E-state index contributed by atoms with van der Waals surface area (Å²) in [5.41, 5.74) is 0. The summed E-state index contributed by atoms with van der Waals surface area (Å²) in [6.45, 7) is 20.1. The lowest BCUT2D eigenvalue weighted by atomic mass is 10.2. The predicted molar refractivity (Wildman–Crippen MR) is 92.1 cm³/mol. The van der Waals surface area contributed by atoms with Crippen LogP contribution >= 0.6 is 0 Å². The van der Waals surface area contributed by atoms with E-state index in [9.17, 15) is 0 Å². The lowest BCUT2D eigenvalue weighted by Crippen LogP contribution is -2.41. The van der Waals surface area contributed by atoms with E-state index in [0.717, 1.165) is 38.7 Å². The van der Waals surface area contributed by atoms with Crippen molar-refractivity contribution in [3.05, 3.63) is 0 Å². The van der Waals surface area contributed by atoms with E-state index in [2.05, 4.69) is 40.4 Å². The van der Waals surface area contributed by atoms with Gasteiger partial charge in [0.05, 0.1) is 0 Å². The minimum atomic E-state index is -1.93. The highest BCUT2D eigenvalue weighted by atomic mass is 28.4. The molecule has 0 heterocycles. The molecule has 0 atom stereocenters. The van der Waals surface area contributed by atoms with E-state index in [1.807, 2.05) is 13.8 Å². The first-order valence-corrected chi connectivity index (χ1v) is 13.4. The fraction of sp³-hybridized carbons (Fsp3) is 1.00. The highest BCUT2D eigenvalue weighted by Gasteiger charge is 2.37. The van der Waals surface area contributed by atoms with Gasteiger partial charge in [-0.05, 0) is 57.4 Å². The van der Waals surface area contributed by atoms with E-state index in [0.29, 0.717) is 5.04 Å². The topological polar surface area (TPSA) is 27.7 Å². The standard InChI is InChI=1S/C15H36O3Si2/c1-9-16-20(8,17-10-2)14-12-11-13-18-19(6,7)15(3,4)5/h9-14H2,1-8H3. The van der Waals surface area contributed by atoms with Gasteiger partial charge in [0, 0.05) is 19.8 Å². The first kappa shape index (κ1) is 20.3. The zero-order chi connectivity index (χ0) is 15.9. The summed E-state index contributed by atoms with van der Waals surface area (Å²) in [6, 6.07) is 1.07. The molecule has 0 aliphatic rings. The highest BCUT2D eigenvalue weighted by Crippen LogP contribution is 2.36. The number of rotatable bonds is 10. The molecule has 20 heavy (non-hydrogen) atoms. The zero-order valence-electron chi connectivity index (χ0n) is 15.0. The number of hydrogen-bond donors (Lipinski definition) is 0. The van der Waals surface area contributed by atoms with Gasteiger partial charge in [0.25, 0.3) is 0 Å². The van der Waals surface area contributed by atoms with E-state index in [1.165, 1.54) is 0 Å². The fourth-order valence-corrected chi connectivity index (χ4v) is 5.46. The van der Waals surface area contributed by atoms with Crippen LogP contribution in [0, 0.1) is 0 Å². The van der Waals surface area contributed by atoms with Crippen LogP contribution in [0.25, 0.3) is 0 Å². The van der Waals surface area contributed by atoms with Crippen molar-refractivity contribution in [1.82, 2.24) is 0 Å². The summed E-state index contributed by atoms with van der Waals surface area (Å²) in [6.07, 6.45) is 2.24. The minimum absolute atomic E-state index is 0.299. The van der Waals surface area contributed by atoms with E-state index in [1.54, 1.807) is 0 Å². The van der Waals surface area contributed by atoms with Gasteiger partial charge >= 0.3 is 8.56 Å². The monoisotopic (exact) mass is 320 g/mol. The third kappa shape index (κ3) is 7.36. The van der Waals surface area contributed by atoms with Gasteiger partial charge in [0.1, 0.15) is 0 Å². The van der Waals surface area contributed by atoms with Gasteiger partial charge in [-0.1, -0.05) is 20.8 Å². The second-order valence-electron chi connectivity index (χ2n) is 7.07. The molecule has 0 aromatic heterocycles. The van der Waals surface area contributed by atoms with E-state index in [4.69, 9.17) is 13.3 Å². The minimum Gasteiger partial charge on any atom is -0.417 e. The second-order valence-corrected chi connectivity index (χ2v) is 15.2. The molecule has 0 aromatic carbocycles. The van der Waals surface area contributed by atoms with Crippen LogP contribution in [0.1, 0.15) is 47.5 Å². The summed E-state index contributed by atoms with van der Waals surface area (Å²) < 4.78 is 17.9. The smallest absolute Gasteiger partial charge is 0.334 e. The lowest BCUT2D eigenvalue weighted by Gasteiger charge is -2.36. The van der Waals surface area contributed by atoms with Gasteiger partial charge in [-0.3, -0.25) is 0 Å². The maximum absolute atomic E-state index is 6.20. The maximum Gasteiger partial charge on any atom is 0.334 e. The Morgan fingerprint density at radius 3 is 1.70 bits per heavy atom. The quantitative estimate of drug-likeness (QED) is 0.422. The van der Waals surface area contributed by atoms with E-state index < -0.39 is 16.9 Å². The molecule has 0 spiro atoms. The third-order valence-electron chi connectivity index (χ3n) is 4.19. The summed E-state index contributed by atoms with van der Waals surface area (Å²) in [5, 5.41) is 0.299. The summed E-state index contributed by atoms with van der Waals surface area (Å²) in [5.74, 6) is 0. The summed E-state index contributed by atoms with van der Waals surface area (Å²) in [7, 11) is -3.51. The second kappa shape index (κ2) is 8.68. The van der Waals surface area contributed by atoms with Gasteiger partial charge in [-0.2, -0.15) is 0 Å². The van der Waals surface area contributed by atoms with Crippen LogP contribution in [-0.4, -0.2) is 36.7 Å². The van der Waals surface area contributed by atoms with Crippen molar-refractivity contribution in [3.8, 4) is 0 Å². The van der Waals surface area contributed by atoms with Crippen LogP contribution in [0.2, 0.25) is 30.7 Å². The molecule has 0 radical (unpaired) electrons. The molecule has 0 aliphatic heterocycles. The third-order valence-corrected chi connectivity index (χ3v) is 11.8. The summed E-state index contributed by atoms with van der Waals surface area (Å²) >= 11 is 0. The van der Waals surface area contributed by atoms with Crippen LogP contribution in [0.15, 0.2) is 0 Å². The Kier molecular flexibility index (Phi) is 8.82. The van der Waals surface area contributed by atoms with Crippen molar-refractivity contribution in [2.75, 3.05) is 19.8 Å². The van der Waals surface area contributed by atoms with Crippen LogP contribution in [-0.2, 0) is 13.3 Å². The average molecular weight is 321 g/mol. The SMILES string of the molecule is CCO[Si](C)(CCCCO[Si](C)(C)C(C)(C)C)OCC. The molecule has 0 saturated heterocycles. The molecule has 0 fully saturated rings. The molecular formula is C15H36O3Si2. The van der Waals surface area contributed by atoms with Crippen molar-refractivity contribution in [1.29, 1.82) is 0 Å². The van der Waals surface area contributed by atoms with Gasteiger partial charge < -0.3 is 13.3 Å². The Hall–Kier alpha value is 0.314. The van der Waals surface area contributed by atoms with Crippen LogP contribution in [0.4, 0.5) is 0 Å². The highest BCUT2D eigenvalue weighted by molar-refractivity contribution is 6.74. The molecule has 0 rings (SSSR count). The van der Waals surface area contributed by atoms with E-state index >= 15 is 0 Å². The van der Waals surface area contributed by atoms with Crippen LogP contribution < -0.4 is 0 Å². The van der Waals surface area contributed by atoms with Crippen molar-refractivity contribution >= 4 is 16.9 Å². The molecule has 122 valence electrons. The molecule has 0 aromatic rings. The van der Waals surface area contributed by atoms with Gasteiger partial charge in [0.2, 0.25) is 0 Å². The molecule has 0 amide bonds. The molecule has 0 N–H and O–H groups in total. The zero-order valence-corrected chi connectivity index (χ0v) is 17.0. The molecule has 0 saturated carbocycles. The van der Waals surface area contributed by atoms with Gasteiger partial charge in [-0.25, -0.2) is 0 Å². The molecule has 0 bridgehead atoms. The van der Waals surface area contributed by atoms with Crippen molar-refractivity contribution in [2.24, 2.45) is 0 Å². The Bertz CT molecular complexity index is 256. The first-order valence-electron chi connectivity index (χ1n) is 8.00. The first-order chi connectivity index (χ1) is 9.08. The maximum atomic E-state index is 6.20. The predicted octanol–water partition coefficient (Wildman–Crippen LogP) is 4.93. The molecule has 3 nitrogen and oxygen atoms in total. The molecule has 0 unspecified atom stereocenters. The number of hydrogen-bond acceptors (Lipinski definition) is 3. The van der Waals surface area contributed by atoms with Crippen molar-refractivity contribution in [3.63, 3.8) is 0 Å². The van der Waals surface area contributed by atoms with Crippen LogP contribution in [0.3, 0.4) is 0 Å². The van der Waals surface area contributed by atoms with Crippen molar-refractivity contribution in [2.45, 2.75) is 78.2 Å². The Morgan fingerprint density at radius 1 is 0.800 bits per heavy atom. The number of unbranched alkanes of at least 4 members (excludes halogenated alkanes) is 1. The largest absolute Gasteiger partial charge is 0.417 e. The Labute approximate surface area is 128 Å². The van der Waals surface area contributed by atoms with Crippen molar-refractivity contribution < 1.29 is 13.3 Å².